The lowest BCUT2D eigenvalue weighted by molar-refractivity contribution is -0.157. The molecule has 0 aromatic heterocycles. The van der Waals surface area contributed by atoms with E-state index in [1.807, 2.05) is 0 Å². The van der Waals surface area contributed by atoms with Crippen molar-refractivity contribution in [3.05, 3.63) is 0 Å². The highest BCUT2D eigenvalue weighted by Gasteiger charge is 2.59. The Bertz CT molecular complexity index is 391. The number of hydrogen-bond acceptors (Lipinski definition) is 1. The van der Waals surface area contributed by atoms with Crippen LogP contribution in [0.3, 0.4) is 0 Å². The average Bonchev–Trinajstić information content (AvgIpc) is 2.81. The Balaban J connectivity index is 1.69. The molecule has 20 heavy (non-hydrogen) atoms. The molecule has 4 rings (SSSR count). The lowest BCUT2D eigenvalue weighted by atomic mass is 9.45. The van der Waals surface area contributed by atoms with Crippen LogP contribution in [-0.4, -0.2) is 11.2 Å². The van der Waals surface area contributed by atoms with E-state index in [9.17, 15) is 5.11 Å². The molecular weight excluding hydrogens is 244 g/mol. The van der Waals surface area contributed by atoms with Crippen LogP contribution >= 0.6 is 0 Å². The lowest BCUT2D eigenvalue weighted by Gasteiger charge is -2.61. The predicted octanol–water partition coefficient (Wildman–Crippen LogP) is 4.78. The van der Waals surface area contributed by atoms with Crippen LogP contribution < -0.4 is 0 Å². The predicted molar refractivity (Wildman–Crippen MR) is 82.4 cm³/mol. The Labute approximate surface area is 124 Å². The third-order valence-corrected chi connectivity index (χ3v) is 8.38. The van der Waals surface area contributed by atoms with Crippen molar-refractivity contribution in [2.24, 2.45) is 34.5 Å². The van der Waals surface area contributed by atoms with Crippen molar-refractivity contribution in [2.45, 2.75) is 84.2 Å². The van der Waals surface area contributed by atoms with Gasteiger partial charge in [0.15, 0.2) is 0 Å². The molecule has 4 saturated carbocycles. The van der Waals surface area contributed by atoms with Crippen molar-refractivity contribution in [1.82, 2.24) is 0 Å². The van der Waals surface area contributed by atoms with Gasteiger partial charge in [-0.15, -0.1) is 0 Å². The van der Waals surface area contributed by atoms with E-state index in [0.29, 0.717) is 16.7 Å². The summed E-state index contributed by atoms with van der Waals surface area (Å²) in [6.45, 7) is 5.13. The SMILES string of the molecule is C[C@]12CCC[C@@H]1[C@@H]1[C@H](O)C[C@H]3CCCC[C@@]3(C)[C@@H]1CC2. The van der Waals surface area contributed by atoms with Crippen LogP contribution in [0.4, 0.5) is 0 Å². The van der Waals surface area contributed by atoms with Gasteiger partial charge in [-0.1, -0.05) is 33.1 Å². The molecule has 7 atom stereocenters. The largest absolute Gasteiger partial charge is 0.393 e. The summed E-state index contributed by atoms with van der Waals surface area (Å²) >= 11 is 0. The molecule has 0 aromatic carbocycles. The average molecular weight is 276 g/mol. The standard InChI is InChI=1S/C19H32O/c1-18-9-5-7-14(18)17-15(8-11-18)19(2)10-4-3-6-13(19)12-16(17)20/h13-17,20H,3-12H2,1-2H3/t13-,14-,15-,16-,17+,18-,19-/m1/s1. The third-order valence-electron chi connectivity index (χ3n) is 8.38. The van der Waals surface area contributed by atoms with Gasteiger partial charge in [-0.05, 0) is 79.4 Å². The van der Waals surface area contributed by atoms with Crippen LogP contribution in [0.1, 0.15) is 78.1 Å². The Morgan fingerprint density at radius 1 is 0.850 bits per heavy atom. The Morgan fingerprint density at radius 2 is 1.70 bits per heavy atom. The van der Waals surface area contributed by atoms with Gasteiger partial charge in [0, 0.05) is 0 Å². The van der Waals surface area contributed by atoms with Gasteiger partial charge in [-0.3, -0.25) is 0 Å². The maximum Gasteiger partial charge on any atom is 0.0577 e. The van der Waals surface area contributed by atoms with E-state index < -0.39 is 0 Å². The molecular formula is C19H32O. The van der Waals surface area contributed by atoms with Crippen molar-refractivity contribution in [2.75, 3.05) is 0 Å². The fourth-order valence-corrected chi connectivity index (χ4v) is 7.25. The van der Waals surface area contributed by atoms with Crippen LogP contribution in [0.15, 0.2) is 0 Å². The second kappa shape index (κ2) is 4.48. The maximum absolute atomic E-state index is 10.9. The molecule has 1 nitrogen and oxygen atoms in total. The molecule has 0 spiro atoms. The number of aliphatic hydroxyl groups excluding tert-OH is 1. The summed E-state index contributed by atoms with van der Waals surface area (Å²) in [5.74, 6) is 3.11. The first-order valence-corrected chi connectivity index (χ1v) is 9.23. The summed E-state index contributed by atoms with van der Waals surface area (Å²) in [4.78, 5) is 0. The maximum atomic E-state index is 10.9. The highest BCUT2D eigenvalue weighted by atomic mass is 16.3. The highest BCUT2D eigenvalue weighted by Crippen LogP contribution is 2.66. The van der Waals surface area contributed by atoms with Gasteiger partial charge < -0.3 is 5.11 Å². The first kappa shape index (κ1) is 13.6. The van der Waals surface area contributed by atoms with Gasteiger partial charge in [0.2, 0.25) is 0 Å². The number of rotatable bonds is 0. The molecule has 4 fully saturated rings. The van der Waals surface area contributed by atoms with Crippen molar-refractivity contribution < 1.29 is 5.11 Å². The van der Waals surface area contributed by atoms with Gasteiger partial charge in [-0.25, -0.2) is 0 Å². The molecule has 0 amide bonds. The minimum atomic E-state index is 0.0129. The molecule has 4 aliphatic rings. The highest BCUT2D eigenvalue weighted by molar-refractivity contribution is 5.09. The molecule has 0 unspecified atom stereocenters. The molecule has 114 valence electrons. The number of hydrogen-bond donors (Lipinski definition) is 1. The lowest BCUT2D eigenvalue weighted by Crippen LogP contribution is -2.56. The second-order valence-electron chi connectivity index (χ2n) is 9.13. The van der Waals surface area contributed by atoms with Gasteiger partial charge in [0.1, 0.15) is 0 Å². The first-order valence-electron chi connectivity index (χ1n) is 9.23. The molecule has 0 aliphatic heterocycles. The number of aliphatic hydroxyl groups is 1. The molecule has 4 aliphatic carbocycles. The normalized spacial score (nSPS) is 58.6. The first-order chi connectivity index (χ1) is 9.55. The van der Waals surface area contributed by atoms with Crippen molar-refractivity contribution in [3.63, 3.8) is 0 Å². The van der Waals surface area contributed by atoms with Crippen LogP contribution in [0.2, 0.25) is 0 Å². The fraction of sp³-hybridized carbons (Fsp3) is 1.00. The third kappa shape index (κ3) is 1.71. The summed E-state index contributed by atoms with van der Waals surface area (Å²) in [6, 6.07) is 0. The zero-order chi connectivity index (χ0) is 14.0. The summed E-state index contributed by atoms with van der Waals surface area (Å²) in [6.07, 6.45) is 13.9. The van der Waals surface area contributed by atoms with E-state index in [2.05, 4.69) is 13.8 Å². The van der Waals surface area contributed by atoms with Gasteiger partial charge in [0.25, 0.3) is 0 Å². The van der Waals surface area contributed by atoms with Gasteiger partial charge >= 0.3 is 0 Å². The Hall–Kier alpha value is -0.0400. The Kier molecular flexibility index (Phi) is 3.05. The molecule has 0 aromatic rings. The molecule has 1 N–H and O–H groups in total. The van der Waals surface area contributed by atoms with E-state index in [1.165, 1.54) is 57.8 Å². The van der Waals surface area contributed by atoms with Crippen molar-refractivity contribution >= 4 is 0 Å². The molecule has 0 saturated heterocycles. The minimum Gasteiger partial charge on any atom is -0.393 e. The second-order valence-corrected chi connectivity index (χ2v) is 9.13. The fourth-order valence-electron chi connectivity index (χ4n) is 7.25. The topological polar surface area (TPSA) is 20.2 Å². The minimum absolute atomic E-state index is 0.0129. The van der Waals surface area contributed by atoms with E-state index in [0.717, 1.165) is 24.2 Å². The van der Waals surface area contributed by atoms with Gasteiger partial charge in [-0.2, -0.15) is 0 Å². The van der Waals surface area contributed by atoms with Crippen molar-refractivity contribution in [3.8, 4) is 0 Å². The quantitative estimate of drug-likeness (QED) is 0.675. The summed E-state index contributed by atoms with van der Waals surface area (Å²) in [5, 5.41) is 10.9. The Morgan fingerprint density at radius 3 is 2.55 bits per heavy atom. The van der Waals surface area contributed by atoms with Crippen LogP contribution in [-0.2, 0) is 0 Å². The zero-order valence-corrected chi connectivity index (χ0v) is 13.4. The monoisotopic (exact) mass is 276 g/mol. The van der Waals surface area contributed by atoms with E-state index >= 15 is 0 Å². The van der Waals surface area contributed by atoms with E-state index in [1.54, 1.807) is 0 Å². The van der Waals surface area contributed by atoms with E-state index in [4.69, 9.17) is 0 Å². The zero-order valence-electron chi connectivity index (χ0n) is 13.4. The summed E-state index contributed by atoms with van der Waals surface area (Å²) < 4.78 is 0. The van der Waals surface area contributed by atoms with E-state index in [-0.39, 0.29) is 6.10 Å². The molecule has 0 radical (unpaired) electrons. The molecule has 0 heterocycles. The molecule has 1 heteroatoms. The summed E-state index contributed by atoms with van der Waals surface area (Å²) in [5.41, 5.74) is 1.13. The summed E-state index contributed by atoms with van der Waals surface area (Å²) in [7, 11) is 0. The molecule has 0 bridgehead atoms. The van der Waals surface area contributed by atoms with Crippen LogP contribution in [0.5, 0.6) is 0 Å². The van der Waals surface area contributed by atoms with Crippen LogP contribution in [0, 0.1) is 34.5 Å². The van der Waals surface area contributed by atoms with Gasteiger partial charge in [0.05, 0.1) is 6.10 Å². The van der Waals surface area contributed by atoms with Crippen LogP contribution in [0.25, 0.3) is 0 Å². The smallest absolute Gasteiger partial charge is 0.0577 e. The van der Waals surface area contributed by atoms with Crippen molar-refractivity contribution in [1.29, 1.82) is 0 Å². The number of fused-ring (bicyclic) bond motifs is 5.